The molecule has 0 amide bonds. The number of ether oxygens (including phenoxy) is 1. The van der Waals surface area contributed by atoms with E-state index in [1.165, 1.54) is 23.4 Å². The summed E-state index contributed by atoms with van der Waals surface area (Å²) in [7, 11) is 1.65. The van der Waals surface area contributed by atoms with E-state index in [0.717, 1.165) is 35.5 Å². The molecule has 0 bridgehead atoms. The van der Waals surface area contributed by atoms with E-state index in [9.17, 15) is 10.1 Å². The van der Waals surface area contributed by atoms with E-state index in [4.69, 9.17) is 4.74 Å². The van der Waals surface area contributed by atoms with Crippen molar-refractivity contribution < 1.29 is 9.66 Å². The zero-order valence-corrected chi connectivity index (χ0v) is 16.3. The van der Waals surface area contributed by atoms with Gasteiger partial charge in [0.1, 0.15) is 5.75 Å². The predicted octanol–water partition coefficient (Wildman–Crippen LogP) is 5.46. The molecule has 3 rings (SSSR count). The number of aromatic nitrogens is 1. The largest absolute Gasteiger partial charge is 0.497 e. The number of non-ortho nitro benzene ring substituents is 1. The van der Waals surface area contributed by atoms with Gasteiger partial charge >= 0.3 is 0 Å². The van der Waals surface area contributed by atoms with Gasteiger partial charge in [-0.1, -0.05) is 20.3 Å². The number of nitrogens with zero attached hydrogens (tertiary/aromatic N) is 1. The predicted molar refractivity (Wildman–Crippen MR) is 111 cm³/mol. The van der Waals surface area contributed by atoms with Crippen molar-refractivity contribution in [2.45, 2.75) is 33.6 Å². The van der Waals surface area contributed by atoms with Crippen LogP contribution < -0.4 is 10.1 Å². The first-order chi connectivity index (χ1) is 13.0. The lowest BCUT2D eigenvalue weighted by Gasteiger charge is -2.09. The summed E-state index contributed by atoms with van der Waals surface area (Å²) in [4.78, 5) is 13.7. The monoisotopic (exact) mass is 369 g/mol. The first-order valence-electron chi connectivity index (χ1n) is 9.13. The lowest BCUT2D eigenvalue weighted by molar-refractivity contribution is -0.384. The average molecular weight is 369 g/mol. The molecule has 0 radical (unpaired) electrons. The van der Waals surface area contributed by atoms with Crippen molar-refractivity contribution in [2.24, 2.45) is 0 Å². The molecule has 27 heavy (non-hydrogen) atoms. The van der Waals surface area contributed by atoms with E-state index in [-0.39, 0.29) is 10.6 Å². The summed E-state index contributed by atoms with van der Waals surface area (Å²) in [5.41, 5.74) is 4.18. The van der Waals surface area contributed by atoms with Crippen LogP contribution in [0.15, 0.2) is 42.6 Å². The molecule has 6 nitrogen and oxygen atoms in total. The van der Waals surface area contributed by atoms with Crippen LogP contribution in [0.4, 0.5) is 11.4 Å². The van der Waals surface area contributed by atoms with Gasteiger partial charge in [-0.05, 0) is 42.7 Å². The van der Waals surface area contributed by atoms with E-state index in [0.29, 0.717) is 0 Å². The Morgan fingerprint density at radius 2 is 1.93 bits per heavy atom. The van der Waals surface area contributed by atoms with Crippen LogP contribution >= 0.6 is 0 Å². The SMILES string of the molecule is CCC.COc1ccc2c(CCNc3ccc([N+](=O)[O-])cc3C)c[nH]c2c1. The number of H-pyrrole nitrogens is 1. The Morgan fingerprint density at radius 3 is 2.56 bits per heavy atom. The minimum absolute atomic E-state index is 0.114. The van der Waals surface area contributed by atoms with Crippen LogP contribution in [0.1, 0.15) is 31.4 Å². The molecule has 6 heteroatoms. The van der Waals surface area contributed by atoms with Gasteiger partial charge in [0, 0.05) is 47.5 Å². The number of hydrogen-bond acceptors (Lipinski definition) is 4. The fourth-order valence-corrected chi connectivity index (χ4v) is 2.79. The van der Waals surface area contributed by atoms with Gasteiger partial charge in [0.25, 0.3) is 5.69 Å². The van der Waals surface area contributed by atoms with E-state index in [1.807, 2.05) is 25.3 Å². The van der Waals surface area contributed by atoms with Crippen molar-refractivity contribution in [1.82, 2.24) is 4.98 Å². The van der Waals surface area contributed by atoms with E-state index in [1.54, 1.807) is 19.2 Å². The maximum Gasteiger partial charge on any atom is 0.269 e. The molecule has 0 spiro atoms. The molecule has 0 aliphatic rings. The second-order valence-corrected chi connectivity index (χ2v) is 6.37. The average Bonchev–Trinajstić information content (AvgIpc) is 3.05. The molecular weight excluding hydrogens is 342 g/mol. The second-order valence-electron chi connectivity index (χ2n) is 6.37. The summed E-state index contributed by atoms with van der Waals surface area (Å²) in [5.74, 6) is 0.829. The Morgan fingerprint density at radius 1 is 1.19 bits per heavy atom. The van der Waals surface area contributed by atoms with Crippen LogP contribution in [0.3, 0.4) is 0 Å². The molecule has 0 fully saturated rings. The van der Waals surface area contributed by atoms with Gasteiger partial charge in [-0.3, -0.25) is 10.1 Å². The normalized spacial score (nSPS) is 10.2. The van der Waals surface area contributed by atoms with Crippen molar-refractivity contribution in [3.63, 3.8) is 0 Å². The number of methoxy groups -OCH3 is 1. The van der Waals surface area contributed by atoms with Gasteiger partial charge in [0.15, 0.2) is 0 Å². The molecule has 2 N–H and O–H groups in total. The fourth-order valence-electron chi connectivity index (χ4n) is 2.79. The van der Waals surface area contributed by atoms with Gasteiger partial charge < -0.3 is 15.0 Å². The molecular formula is C21H27N3O3. The summed E-state index contributed by atoms with van der Waals surface area (Å²) in [6, 6.07) is 10.8. The minimum Gasteiger partial charge on any atom is -0.497 e. The highest BCUT2D eigenvalue weighted by Crippen LogP contribution is 2.24. The van der Waals surface area contributed by atoms with Gasteiger partial charge in [-0.25, -0.2) is 0 Å². The van der Waals surface area contributed by atoms with Gasteiger partial charge in [-0.15, -0.1) is 0 Å². The van der Waals surface area contributed by atoms with E-state index < -0.39 is 0 Å². The number of hydrogen-bond donors (Lipinski definition) is 2. The fraction of sp³-hybridized carbons (Fsp3) is 0.333. The number of rotatable bonds is 6. The quantitative estimate of drug-likeness (QED) is 0.446. The summed E-state index contributed by atoms with van der Waals surface area (Å²) in [6.07, 6.45) is 4.11. The topological polar surface area (TPSA) is 80.2 Å². The third kappa shape index (κ3) is 5.23. The maximum absolute atomic E-state index is 10.8. The number of anilines is 1. The van der Waals surface area contributed by atoms with Gasteiger partial charge in [0.2, 0.25) is 0 Å². The van der Waals surface area contributed by atoms with Crippen LogP contribution in [0.5, 0.6) is 5.75 Å². The van der Waals surface area contributed by atoms with Crippen molar-refractivity contribution in [3.05, 3.63) is 63.8 Å². The zero-order chi connectivity index (χ0) is 19.8. The Hall–Kier alpha value is -3.02. The smallest absolute Gasteiger partial charge is 0.269 e. The lowest BCUT2D eigenvalue weighted by atomic mass is 10.1. The first kappa shape index (κ1) is 20.3. The molecule has 1 heterocycles. The molecule has 2 aromatic carbocycles. The summed E-state index contributed by atoms with van der Waals surface area (Å²) in [6.45, 7) is 6.87. The Kier molecular flexibility index (Phi) is 7.23. The molecule has 3 aromatic rings. The standard InChI is InChI=1S/C18H19N3O3.C3H8/c1-12-9-14(21(22)23)3-6-17(12)19-8-7-13-11-20-18-10-15(24-2)4-5-16(13)18;1-3-2/h3-6,9-11,19-20H,7-8H2,1-2H3;3H2,1-2H3. The van der Waals surface area contributed by atoms with Crippen molar-refractivity contribution in [2.75, 3.05) is 19.0 Å². The number of nitrogens with one attached hydrogen (secondary N) is 2. The molecule has 144 valence electrons. The van der Waals surface area contributed by atoms with Crippen LogP contribution in [-0.2, 0) is 6.42 Å². The van der Waals surface area contributed by atoms with Crippen molar-refractivity contribution >= 4 is 22.3 Å². The molecule has 0 unspecified atom stereocenters. The zero-order valence-electron chi connectivity index (χ0n) is 16.3. The third-order valence-electron chi connectivity index (χ3n) is 4.11. The highest BCUT2D eigenvalue weighted by Gasteiger charge is 2.08. The van der Waals surface area contributed by atoms with E-state index in [2.05, 4.69) is 30.2 Å². The highest BCUT2D eigenvalue weighted by atomic mass is 16.6. The number of fused-ring (bicyclic) bond motifs is 1. The first-order valence-corrected chi connectivity index (χ1v) is 9.13. The minimum atomic E-state index is -0.378. The summed E-state index contributed by atoms with van der Waals surface area (Å²) >= 11 is 0. The Bertz CT molecular complexity index is 903. The number of benzene rings is 2. The molecule has 0 atom stereocenters. The summed E-state index contributed by atoms with van der Waals surface area (Å²) in [5, 5.41) is 15.3. The molecule has 0 saturated carbocycles. The Balaban J connectivity index is 0.000000817. The second kappa shape index (κ2) is 9.62. The van der Waals surface area contributed by atoms with Crippen molar-refractivity contribution in [1.29, 1.82) is 0 Å². The third-order valence-corrected chi connectivity index (χ3v) is 4.11. The molecule has 1 aromatic heterocycles. The maximum atomic E-state index is 10.8. The molecule has 0 aliphatic carbocycles. The van der Waals surface area contributed by atoms with Crippen LogP contribution in [0, 0.1) is 17.0 Å². The number of nitro benzene ring substituents is 1. The van der Waals surface area contributed by atoms with Crippen molar-refractivity contribution in [3.8, 4) is 5.75 Å². The number of aromatic amines is 1. The number of aryl methyl sites for hydroxylation is 1. The molecule has 0 saturated heterocycles. The van der Waals surface area contributed by atoms with E-state index >= 15 is 0 Å². The summed E-state index contributed by atoms with van der Waals surface area (Å²) < 4.78 is 5.23. The molecule has 0 aliphatic heterocycles. The van der Waals surface area contributed by atoms with Crippen LogP contribution in [0.2, 0.25) is 0 Å². The van der Waals surface area contributed by atoms with Gasteiger partial charge in [0.05, 0.1) is 12.0 Å². The van der Waals surface area contributed by atoms with Crippen LogP contribution in [0.25, 0.3) is 10.9 Å². The highest BCUT2D eigenvalue weighted by molar-refractivity contribution is 5.84. The lowest BCUT2D eigenvalue weighted by Crippen LogP contribution is -2.06. The number of nitro groups is 1. The Labute approximate surface area is 159 Å². The van der Waals surface area contributed by atoms with Crippen LogP contribution in [-0.4, -0.2) is 23.6 Å². The van der Waals surface area contributed by atoms with Gasteiger partial charge in [-0.2, -0.15) is 0 Å².